The van der Waals surface area contributed by atoms with E-state index >= 15 is 0 Å². The number of nitrogens with zero attached hydrogens (tertiary/aromatic N) is 2. The van der Waals surface area contributed by atoms with Crippen molar-refractivity contribution in [2.75, 3.05) is 20.5 Å². The first kappa shape index (κ1) is 28.5. The van der Waals surface area contributed by atoms with Crippen LogP contribution in [0.2, 0.25) is 0 Å². The molecule has 1 heterocycles. The fourth-order valence-corrected chi connectivity index (χ4v) is 3.38. The molecule has 0 aliphatic carbocycles. The Morgan fingerprint density at radius 1 is 1.18 bits per heavy atom. The van der Waals surface area contributed by atoms with Crippen molar-refractivity contribution in [3.63, 3.8) is 0 Å². The van der Waals surface area contributed by atoms with Gasteiger partial charge in [0.25, 0.3) is 5.56 Å². The monoisotopic (exact) mass is 486 g/mol. The Hall–Kier alpha value is -2.57. The summed E-state index contributed by atoms with van der Waals surface area (Å²) in [5, 5.41) is 21.9. The van der Waals surface area contributed by atoms with Gasteiger partial charge in [0.1, 0.15) is 24.5 Å². The molecule has 182 valence electrons. The fraction of sp³-hybridized carbons (Fsp3) is 0.429. The van der Waals surface area contributed by atoms with E-state index in [-0.39, 0.29) is 35.7 Å². The maximum Gasteiger partial charge on any atom is 0.708 e. The molecule has 1 aromatic carbocycles. The lowest BCUT2D eigenvalue weighted by molar-refractivity contribution is 0.192. The lowest BCUT2D eigenvalue weighted by atomic mass is 10.0. The Kier molecular flexibility index (Phi) is 11.4. The second-order valence-corrected chi connectivity index (χ2v) is 7.93. The molecule has 2 N–H and O–H groups in total. The van der Waals surface area contributed by atoms with Gasteiger partial charge in [-0.25, -0.2) is 8.78 Å². The van der Waals surface area contributed by atoms with Gasteiger partial charge in [0.15, 0.2) is 0 Å². The molecule has 1 atom stereocenters. The maximum atomic E-state index is 14.7. The number of thioether (sulfide) groups is 1. The molecule has 0 amide bonds. The summed E-state index contributed by atoms with van der Waals surface area (Å²) in [5.74, 6) is -1.33. The van der Waals surface area contributed by atoms with Gasteiger partial charge in [-0.2, -0.15) is 0 Å². The molecule has 0 radical (unpaired) electrons. The molecule has 0 spiro atoms. The Morgan fingerprint density at radius 3 is 2.36 bits per heavy atom. The number of hydrogen-bond donors (Lipinski definition) is 2. The first-order valence-corrected chi connectivity index (χ1v) is 11.3. The van der Waals surface area contributed by atoms with Gasteiger partial charge in [-0.1, -0.05) is 19.0 Å². The van der Waals surface area contributed by atoms with E-state index in [4.69, 9.17) is 24.3 Å². The van der Waals surface area contributed by atoms with Crippen LogP contribution in [0.3, 0.4) is 0 Å². The minimum absolute atomic E-state index is 0.0477. The Balaban J connectivity index is 0.00000265. The number of halogens is 2. The van der Waals surface area contributed by atoms with Crippen LogP contribution in [0.1, 0.15) is 27.2 Å². The van der Waals surface area contributed by atoms with E-state index in [0.29, 0.717) is 0 Å². The Labute approximate surface area is 196 Å². The second kappa shape index (κ2) is 13.2. The highest BCUT2D eigenvalue weighted by molar-refractivity contribution is 8.00. The molecule has 0 aliphatic rings. The average Bonchev–Trinajstić information content (AvgIpc) is 2.80. The standard InChI is InChI=1S/C19H23BF2N2O6S.C2H6/c1-19(31-4,18(23-29-3)30-20(26)27)7-8-24-11-16(22)14(10-17(24)25)13-6-5-12(28-2)9-15(13)21;1-2/h5-6,9-11,26-27H,7-8H2,1-4H3;1-2H3/b23-18-;. The van der Waals surface area contributed by atoms with E-state index in [0.717, 1.165) is 22.9 Å². The molecule has 0 aliphatic heterocycles. The summed E-state index contributed by atoms with van der Waals surface area (Å²) >= 11 is 1.27. The van der Waals surface area contributed by atoms with Gasteiger partial charge < -0.3 is 28.8 Å². The molecule has 12 heteroatoms. The molecular formula is C21H29BF2N2O6S. The molecule has 8 nitrogen and oxygen atoms in total. The van der Waals surface area contributed by atoms with Gasteiger partial charge >= 0.3 is 7.32 Å². The second-order valence-electron chi connectivity index (χ2n) is 6.62. The third-order valence-electron chi connectivity index (χ3n) is 4.67. The van der Waals surface area contributed by atoms with E-state index in [2.05, 4.69) is 5.16 Å². The summed E-state index contributed by atoms with van der Waals surface area (Å²) in [4.78, 5) is 17.2. The van der Waals surface area contributed by atoms with Gasteiger partial charge in [0, 0.05) is 36.0 Å². The zero-order valence-corrected chi connectivity index (χ0v) is 20.3. The topological polar surface area (TPSA) is 103 Å². The third-order valence-corrected chi connectivity index (χ3v) is 5.95. The number of oxime groups is 1. The van der Waals surface area contributed by atoms with Crippen molar-refractivity contribution in [3.05, 3.63) is 52.5 Å². The Bertz CT molecular complexity index is 1010. The average molecular weight is 486 g/mol. The zero-order chi connectivity index (χ0) is 25.2. The van der Waals surface area contributed by atoms with Crippen LogP contribution in [0.5, 0.6) is 5.75 Å². The molecular weight excluding hydrogens is 457 g/mol. The quantitative estimate of drug-likeness (QED) is 0.243. The number of aromatic nitrogens is 1. The van der Waals surface area contributed by atoms with Crippen LogP contribution in [0, 0.1) is 11.6 Å². The molecule has 33 heavy (non-hydrogen) atoms. The van der Waals surface area contributed by atoms with Crippen molar-refractivity contribution in [1.29, 1.82) is 0 Å². The summed E-state index contributed by atoms with van der Waals surface area (Å²) in [6.07, 6.45) is 2.94. The molecule has 0 saturated carbocycles. The van der Waals surface area contributed by atoms with Crippen molar-refractivity contribution < 1.29 is 33.1 Å². The molecule has 0 saturated heterocycles. The van der Waals surface area contributed by atoms with Crippen LogP contribution in [-0.4, -0.2) is 53.1 Å². The van der Waals surface area contributed by atoms with E-state index in [9.17, 15) is 13.6 Å². The number of ether oxygens (including phenoxy) is 1. The molecule has 2 aromatic rings. The number of aryl methyl sites for hydroxylation is 1. The highest BCUT2D eigenvalue weighted by Gasteiger charge is 2.35. The highest BCUT2D eigenvalue weighted by atomic mass is 32.2. The summed E-state index contributed by atoms with van der Waals surface area (Å²) in [5.41, 5.74) is -0.762. The van der Waals surface area contributed by atoms with Crippen molar-refractivity contribution in [1.82, 2.24) is 4.57 Å². The van der Waals surface area contributed by atoms with Crippen LogP contribution < -0.4 is 10.3 Å². The maximum absolute atomic E-state index is 14.7. The lowest BCUT2D eigenvalue weighted by Crippen LogP contribution is -2.39. The van der Waals surface area contributed by atoms with Gasteiger partial charge in [-0.15, -0.1) is 11.8 Å². The third kappa shape index (κ3) is 7.48. The SMILES string of the molecule is CC.CO/N=C(\OB(O)O)C(C)(CCn1cc(F)c(-c2ccc(OC)cc2F)cc1=O)SC. The molecule has 2 rings (SSSR count). The van der Waals surface area contributed by atoms with E-state index in [1.807, 2.05) is 13.8 Å². The Morgan fingerprint density at radius 2 is 1.85 bits per heavy atom. The summed E-state index contributed by atoms with van der Waals surface area (Å²) in [7, 11) is 0.539. The van der Waals surface area contributed by atoms with Crippen LogP contribution in [-0.2, 0) is 16.0 Å². The van der Waals surface area contributed by atoms with Crippen molar-refractivity contribution in [3.8, 4) is 16.9 Å². The van der Waals surface area contributed by atoms with Crippen LogP contribution in [0.15, 0.2) is 40.4 Å². The summed E-state index contributed by atoms with van der Waals surface area (Å²) < 4.78 is 39.1. The van der Waals surface area contributed by atoms with Crippen LogP contribution in [0.25, 0.3) is 11.1 Å². The first-order valence-electron chi connectivity index (χ1n) is 10.1. The van der Waals surface area contributed by atoms with Gasteiger partial charge in [-0.3, -0.25) is 4.79 Å². The lowest BCUT2D eigenvalue weighted by Gasteiger charge is -2.28. The van der Waals surface area contributed by atoms with Crippen molar-refractivity contribution >= 4 is 25.0 Å². The minimum atomic E-state index is -2.11. The molecule has 0 bridgehead atoms. The number of methoxy groups -OCH3 is 1. The van der Waals surface area contributed by atoms with Crippen LogP contribution >= 0.6 is 11.8 Å². The van der Waals surface area contributed by atoms with Crippen molar-refractivity contribution in [2.24, 2.45) is 5.16 Å². The van der Waals surface area contributed by atoms with Gasteiger partial charge in [0.2, 0.25) is 5.90 Å². The molecule has 1 aromatic heterocycles. The predicted octanol–water partition coefficient (Wildman–Crippen LogP) is 3.29. The normalized spacial score (nSPS) is 12.8. The predicted molar refractivity (Wildman–Crippen MR) is 126 cm³/mol. The molecule has 1 unspecified atom stereocenters. The minimum Gasteiger partial charge on any atom is -0.498 e. The summed E-state index contributed by atoms with van der Waals surface area (Å²) in [6.45, 7) is 5.74. The largest absolute Gasteiger partial charge is 0.708 e. The van der Waals surface area contributed by atoms with Gasteiger partial charge in [-0.05, 0) is 31.7 Å². The number of benzene rings is 1. The zero-order valence-electron chi connectivity index (χ0n) is 19.5. The van der Waals surface area contributed by atoms with Crippen LogP contribution in [0.4, 0.5) is 8.78 Å². The first-order chi connectivity index (χ1) is 15.6. The number of hydrogen-bond acceptors (Lipinski definition) is 8. The van der Waals surface area contributed by atoms with E-state index < -0.39 is 29.3 Å². The van der Waals surface area contributed by atoms with E-state index in [1.165, 1.54) is 38.1 Å². The number of rotatable bonds is 9. The molecule has 0 fully saturated rings. The van der Waals surface area contributed by atoms with Crippen molar-refractivity contribution in [2.45, 2.75) is 38.5 Å². The summed E-state index contributed by atoms with van der Waals surface area (Å²) in [6, 6.07) is 4.94. The smallest absolute Gasteiger partial charge is 0.498 e. The van der Waals surface area contributed by atoms with Gasteiger partial charge in [0.05, 0.1) is 11.9 Å². The number of pyridine rings is 1. The van der Waals surface area contributed by atoms with E-state index in [1.54, 1.807) is 13.2 Å². The highest BCUT2D eigenvalue weighted by Crippen LogP contribution is 2.31. The fourth-order valence-electron chi connectivity index (χ4n) is 2.82.